The fourth-order valence-corrected chi connectivity index (χ4v) is 2.55. The third-order valence-electron chi connectivity index (χ3n) is 3.47. The fourth-order valence-electron chi connectivity index (χ4n) is 2.55. The van der Waals surface area contributed by atoms with E-state index in [0.29, 0.717) is 5.92 Å². The summed E-state index contributed by atoms with van der Waals surface area (Å²) >= 11 is 0. The summed E-state index contributed by atoms with van der Waals surface area (Å²) in [4.78, 5) is 9.62. The van der Waals surface area contributed by atoms with Gasteiger partial charge in [-0.3, -0.25) is 0 Å². The summed E-state index contributed by atoms with van der Waals surface area (Å²) in [6.07, 6.45) is 4.71. The molecule has 0 fully saturated rings. The van der Waals surface area contributed by atoms with E-state index < -0.39 is 0 Å². The summed E-state index contributed by atoms with van der Waals surface area (Å²) < 4.78 is 0. The van der Waals surface area contributed by atoms with Crippen LogP contribution in [0.15, 0.2) is 0 Å². The summed E-state index contributed by atoms with van der Waals surface area (Å²) in [5, 5.41) is 0. The SMILES string of the molecule is CCCCCc1nc(C)c(C(C)C)c(C(C)(C)C)n1. The molecule has 2 heteroatoms. The topological polar surface area (TPSA) is 25.8 Å². The van der Waals surface area contributed by atoms with Crippen LogP contribution in [-0.4, -0.2) is 9.97 Å². The van der Waals surface area contributed by atoms with E-state index in [1.54, 1.807) is 0 Å². The van der Waals surface area contributed by atoms with Crippen molar-refractivity contribution in [2.24, 2.45) is 0 Å². The summed E-state index contributed by atoms with van der Waals surface area (Å²) in [5.74, 6) is 1.51. The smallest absolute Gasteiger partial charge is 0.128 e. The predicted molar refractivity (Wildman–Crippen MR) is 82.8 cm³/mol. The number of rotatable bonds is 5. The molecule has 0 N–H and O–H groups in total. The van der Waals surface area contributed by atoms with E-state index >= 15 is 0 Å². The normalized spacial score (nSPS) is 12.2. The lowest BCUT2D eigenvalue weighted by Gasteiger charge is -2.25. The number of aromatic nitrogens is 2. The van der Waals surface area contributed by atoms with Gasteiger partial charge in [0.1, 0.15) is 5.82 Å². The van der Waals surface area contributed by atoms with Crippen molar-refractivity contribution in [3.05, 3.63) is 22.8 Å². The van der Waals surface area contributed by atoms with E-state index in [-0.39, 0.29) is 5.41 Å². The Hall–Kier alpha value is -0.920. The molecule has 0 atom stereocenters. The molecule has 0 aliphatic rings. The van der Waals surface area contributed by atoms with E-state index in [0.717, 1.165) is 12.2 Å². The lowest BCUT2D eigenvalue weighted by Crippen LogP contribution is -2.21. The molecular formula is C17H30N2. The van der Waals surface area contributed by atoms with E-state index in [1.165, 1.54) is 36.2 Å². The monoisotopic (exact) mass is 262 g/mol. The molecule has 0 saturated heterocycles. The molecule has 1 aromatic heterocycles. The lowest BCUT2D eigenvalue weighted by atomic mass is 9.84. The highest BCUT2D eigenvalue weighted by Crippen LogP contribution is 2.30. The second-order valence-corrected chi connectivity index (χ2v) is 6.85. The third kappa shape index (κ3) is 4.29. The highest BCUT2D eigenvalue weighted by atomic mass is 14.9. The van der Waals surface area contributed by atoms with Crippen LogP contribution in [0.5, 0.6) is 0 Å². The van der Waals surface area contributed by atoms with Gasteiger partial charge in [0.2, 0.25) is 0 Å². The molecule has 0 aromatic carbocycles. The number of aryl methyl sites for hydroxylation is 2. The number of hydrogen-bond donors (Lipinski definition) is 0. The van der Waals surface area contributed by atoms with Crippen LogP contribution in [0.1, 0.15) is 89.5 Å². The molecule has 1 heterocycles. The van der Waals surface area contributed by atoms with Crippen LogP contribution in [0.4, 0.5) is 0 Å². The lowest BCUT2D eigenvalue weighted by molar-refractivity contribution is 0.541. The van der Waals surface area contributed by atoms with Crippen LogP contribution in [0.3, 0.4) is 0 Å². The molecule has 0 radical (unpaired) electrons. The molecular weight excluding hydrogens is 232 g/mol. The van der Waals surface area contributed by atoms with Crippen molar-refractivity contribution in [3.63, 3.8) is 0 Å². The van der Waals surface area contributed by atoms with Gasteiger partial charge in [-0.1, -0.05) is 54.4 Å². The molecule has 108 valence electrons. The molecule has 0 amide bonds. The quantitative estimate of drug-likeness (QED) is 0.702. The van der Waals surface area contributed by atoms with Crippen molar-refractivity contribution in [2.45, 2.75) is 85.5 Å². The summed E-state index contributed by atoms with van der Waals surface area (Å²) in [6.45, 7) is 15.6. The molecule has 0 bridgehead atoms. The van der Waals surface area contributed by atoms with Crippen LogP contribution < -0.4 is 0 Å². The first-order valence-electron chi connectivity index (χ1n) is 7.65. The van der Waals surface area contributed by atoms with Crippen LogP contribution in [0.25, 0.3) is 0 Å². The maximum atomic E-state index is 4.89. The van der Waals surface area contributed by atoms with E-state index in [2.05, 4.69) is 48.5 Å². The molecule has 19 heavy (non-hydrogen) atoms. The molecule has 1 rings (SSSR count). The average molecular weight is 262 g/mol. The standard InChI is InChI=1S/C17H30N2/c1-8-9-10-11-14-18-13(4)15(12(2)3)16(19-14)17(5,6)7/h12H,8-11H2,1-7H3. The molecule has 2 nitrogen and oxygen atoms in total. The Balaban J connectivity index is 3.16. The molecule has 0 spiro atoms. The van der Waals surface area contributed by atoms with E-state index in [9.17, 15) is 0 Å². The molecule has 0 aliphatic carbocycles. The maximum absolute atomic E-state index is 4.89. The first-order chi connectivity index (χ1) is 8.77. The van der Waals surface area contributed by atoms with Gasteiger partial charge in [-0.25, -0.2) is 9.97 Å². The largest absolute Gasteiger partial charge is 0.238 e. The van der Waals surface area contributed by atoms with Crippen LogP contribution in [0, 0.1) is 6.92 Å². The number of unbranched alkanes of at least 4 members (excludes halogenated alkanes) is 2. The zero-order valence-corrected chi connectivity index (χ0v) is 13.8. The molecule has 0 unspecified atom stereocenters. The van der Waals surface area contributed by atoms with Crippen LogP contribution >= 0.6 is 0 Å². The van der Waals surface area contributed by atoms with Gasteiger partial charge in [0, 0.05) is 17.5 Å². The highest BCUT2D eigenvalue weighted by Gasteiger charge is 2.24. The fraction of sp³-hybridized carbons (Fsp3) is 0.765. The Labute approximate surface area is 119 Å². The van der Waals surface area contributed by atoms with E-state index in [4.69, 9.17) is 9.97 Å². The van der Waals surface area contributed by atoms with Gasteiger partial charge in [-0.2, -0.15) is 0 Å². The number of nitrogens with zero attached hydrogens (tertiary/aromatic N) is 2. The Morgan fingerprint density at radius 3 is 2.16 bits per heavy atom. The minimum atomic E-state index is 0.0901. The molecule has 0 aliphatic heterocycles. The third-order valence-corrected chi connectivity index (χ3v) is 3.47. The minimum absolute atomic E-state index is 0.0901. The maximum Gasteiger partial charge on any atom is 0.128 e. The van der Waals surface area contributed by atoms with E-state index in [1.807, 2.05) is 0 Å². The first-order valence-corrected chi connectivity index (χ1v) is 7.65. The van der Waals surface area contributed by atoms with Crippen molar-refractivity contribution in [1.82, 2.24) is 9.97 Å². The Morgan fingerprint density at radius 2 is 1.68 bits per heavy atom. The van der Waals surface area contributed by atoms with Crippen molar-refractivity contribution >= 4 is 0 Å². The number of hydrogen-bond acceptors (Lipinski definition) is 2. The second-order valence-electron chi connectivity index (χ2n) is 6.85. The van der Waals surface area contributed by atoms with Gasteiger partial charge in [-0.15, -0.1) is 0 Å². The van der Waals surface area contributed by atoms with Crippen LogP contribution in [-0.2, 0) is 11.8 Å². The second kappa shape index (κ2) is 6.49. The van der Waals surface area contributed by atoms with Gasteiger partial charge in [0.15, 0.2) is 0 Å². The van der Waals surface area contributed by atoms with Gasteiger partial charge in [0.05, 0.1) is 5.69 Å². The van der Waals surface area contributed by atoms with Crippen molar-refractivity contribution in [1.29, 1.82) is 0 Å². The van der Waals surface area contributed by atoms with Crippen molar-refractivity contribution < 1.29 is 0 Å². The van der Waals surface area contributed by atoms with Gasteiger partial charge in [0.25, 0.3) is 0 Å². The van der Waals surface area contributed by atoms with Gasteiger partial charge < -0.3 is 0 Å². The van der Waals surface area contributed by atoms with Crippen LogP contribution in [0.2, 0.25) is 0 Å². The van der Waals surface area contributed by atoms with Gasteiger partial charge in [-0.05, 0) is 24.8 Å². The zero-order chi connectivity index (χ0) is 14.6. The van der Waals surface area contributed by atoms with Crippen molar-refractivity contribution in [2.75, 3.05) is 0 Å². The first kappa shape index (κ1) is 16.1. The average Bonchev–Trinajstić information content (AvgIpc) is 2.26. The van der Waals surface area contributed by atoms with Gasteiger partial charge >= 0.3 is 0 Å². The zero-order valence-electron chi connectivity index (χ0n) is 13.8. The molecule has 1 aromatic rings. The Morgan fingerprint density at radius 1 is 1.05 bits per heavy atom. The summed E-state index contributed by atoms with van der Waals surface area (Å²) in [6, 6.07) is 0. The summed E-state index contributed by atoms with van der Waals surface area (Å²) in [7, 11) is 0. The predicted octanol–water partition coefficient (Wildman–Crippen LogP) is 4.94. The summed E-state index contributed by atoms with van der Waals surface area (Å²) in [5.41, 5.74) is 3.84. The van der Waals surface area contributed by atoms with Crippen molar-refractivity contribution in [3.8, 4) is 0 Å². The minimum Gasteiger partial charge on any atom is -0.238 e. The highest BCUT2D eigenvalue weighted by molar-refractivity contribution is 5.33. The Bertz CT molecular complexity index is 414. The Kier molecular flexibility index (Phi) is 5.51. The molecule has 0 saturated carbocycles.